The number of hydrogen-bond donors (Lipinski definition) is 1. The number of thioether (sulfide) groups is 1. The zero-order chi connectivity index (χ0) is 14.3. The molecule has 0 bridgehead atoms. The summed E-state index contributed by atoms with van der Waals surface area (Å²) >= 11 is 2.62. The number of methoxy groups -OCH3 is 1. The van der Waals surface area contributed by atoms with Gasteiger partial charge in [0.2, 0.25) is 5.13 Å². The molecule has 108 valence electrons. The van der Waals surface area contributed by atoms with E-state index in [0.29, 0.717) is 17.0 Å². The number of anilines is 1. The van der Waals surface area contributed by atoms with Gasteiger partial charge in [-0.15, -0.1) is 10.2 Å². The average molecular weight is 305 g/mol. The van der Waals surface area contributed by atoms with Crippen LogP contribution in [0.3, 0.4) is 0 Å². The van der Waals surface area contributed by atoms with E-state index < -0.39 is 5.97 Å². The minimum Gasteiger partial charge on any atom is -0.481 e. The van der Waals surface area contributed by atoms with Crippen molar-refractivity contribution in [2.45, 2.75) is 30.6 Å². The molecule has 1 atom stereocenters. The minimum absolute atomic E-state index is 0.00996. The third kappa shape index (κ3) is 5.33. The van der Waals surface area contributed by atoms with Gasteiger partial charge in [0.15, 0.2) is 4.34 Å². The minimum atomic E-state index is -0.847. The number of ether oxygens (including phenoxy) is 1. The van der Waals surface area contributed by atoms with E-state index >= 15 is 0 Å². The van der Waals surface area contributed by atoms with Crippen LogP contribution in [0, 0.1) is 0 Å². The predicted octanol–water partition coefficient (Wildman–Crippen LogP) is 1.97. The topological polar surface area (TPSA) is 75.5 Å². The second-order valence-electron chi connectivity index (χ2n) is 3.98. The first-order valence-corrected chi connectivity index (χ1v) is 7.82. The lowest BCUT2D eigenvalue weighted by atomic mass is 10.2. The molecule has 0 fully saturated rings. The Kier molecular flexibility index (Phi) is 7.11. The number of carboxylic acid groups (broad SMARTS) is 1. The highest BCUT2D eigenvalue weighted by Crippen LogP contribution is 2.29. The second-order valence-corrected chi connectivity index (χ2v) is 6.15. The van der Waals surface area contributed by atoms with Crippen LogP contribution in [0.15, 0.2) is 4.34 Å². The predicted molar refractivity (Wildman–Crippen MR) is 77.2 cm³/mol. The molecule has 0 aromatic carbocycles. The van der Waals surface area contributed by atoms with E-state index in [9.17, 15) is 4.79 Å². The standard InChI is InChI=1S/C11H19N3O3S2/c1-4-8(2)14(5-6-17-3)10-12-13-11(19-10)18-7-9(15)16/h8H,4-7H2,1-3H3,(H,15,16). The molecule has 1 N–H and O–H groups in total. The molecule has 1 rings (SSSR count). The van der Waals surface area contributed by atoms with Crippen LogP contribution in [0.1, 0.15) is 20.3 Å². The molecule has 19 heavy (non-hydrogen) atoms. The van der Waals surface area contributed by atoms with Crippen molar-refractivity contribution in [2.75, 3.05) is 30.9 Å². The number of aliphatic carboxylic acids is 1. The van der Waals surface area contributed by atoms with E-state index in [1.807, 2.05) is 0 Å². The summed E-state index contributed by atoms with van der Waals surface area (Å²) in [7, 11) is 1.67. The van der Waals surface area contributed by atoms with Gasteiger partial charge >= 0.3 is 5.97 Å². The SMILES string of the molecule is CCC(C)N(CCOC)c1nnc(SCC(=O)O)s1. The van der Waals surface area contributed by atoms with Crippen LogP contribution in [0.5, 0.6) is 0 Å². The van der Waals surface area contributed by atoms with Gasteiger partial charge in [-0.3, -0.25) is 4.79 Å². The van der Waals surface area contributed by atoms with E-state index in [0.717, 1.165) is 18.1 Å². The lowest BCUT2D eigenvalue weighted by molar-refractivity contribution is -0.133. The number of carboxylic acids is 1. The zero-order valence-electron chi connectivity index (χ0n) is 11.3. The fourth-order valence-electron chi connectivity index (χ4n) is 1.41. The van der Waals surface area contributed by atoms with E-state index in [2.05, 4.69) is 28.9 Å². The summed E-state index contributed by atoms with van der Waals surface area (Å²) in [5.41, 5.74) is 0. The van der Waals surface area contributed by atoms with Gasteiger partial charge in [0.05, 0.1) is 12.4 Å². The maximum Gasteiger partial charge on any atom is 0.313 e. The highest BCUT2D eigenvalue weighted by Gasteiger charge is 2.17. The summed E-state index contributed by atoms with van der Waals surface area (Å²) in [4.78, 5) is 12.7. The van der Waals surface area contributed by atoms with Crippen molar-refractivity contribution >= 4 is 34.2 Å². The molecule has 8 heteroatoms. The molecule has 1 aromatic heterocycles. The molecule has 1 heterocycles. The maximum atomic E-state index is 10.5. The molecule has 0 aliphatic rings. The lowest BCUT2D eigenvalue weighted by Crippen LogP contribution is -2.35. The average Bonchev–Trinajstić information content (AvgIpc) is 2.85. The molecule has 0 aliphatic carbocycles. The number of rotatable bonds is 9. The first-order chi connectivity index (χ1) is 9.08. The molecule has 0 spiro atoms. The van der Waals surface area contributed by atoms with Crippen molar-refractivity contribution in [1.82, 2.24) is 10.2 Å². The van der Waals surface area contributed by atoms with E-state index in [1.54, 1.807) is 7.11 Å². The van der Waals surface area contributed by atoms with Crippen LogP contribution in [0.4, 0.5) is 5.13 Å². The fourth-order valence-corrected chi connectivity index (χ4v) is 3.10. The zero-order valence-corrected chi connectivity index (χ0v) is 13.0. The highest BCUT2D eigenvalue weighted by molar-refractivity contribution is 8.01. The summed E-state index contributed by atoms with van der Waals surface area (Å²) in [6.45, 7) is 5.62. The van der Waals surface area contributed by atoms with Crippen LogP contribution in [0.25, 0.3) is 0 Å². The van der Waals surface area contributed by atoms with Crippen molar-refractivity contribution in [3.8, 4) is 0 Å². The van der Waals surface area contributed by atoms with Crippen LogP contribution in [-0.2, 0) is 9.53 Å². The molecular formula is C11H19N3O3S2. The quantitative estimate of drug-likeness (QED) is 0.699. The van der Waals surface area contributed by atoms with Crippen LogP contribution >= 0.6 is 23.1 Å². The van der Waals surface area contributed by atoms with Crippen molar-refractivity contribution < 1.29 is 14.6 Å². The Morgan fingerprint density at radius 1 is 1.58 bits per heavy atom. The van der Waals surface area contributed by atoms with Crippen LogP contribution in [-0.4, -0.2) is 53.3 Å². The Bertz CT molecular complexity index is 400. The summed E-state index contributed by atoms with van der Waals surface area (Å²) in [5.74, 6) is -0.837. The Morgan fingerprint density at radius 3 is 2.89 bits per heavy atom. The first kappa shape index (κ1) is 16.2. The summed E-state index contributed by atoms with van der Waals surface area (Å²) in [6, 6.07) is 0.348. The second kappa shape index (κ2) is 8.34. The van der Waals surface area contributed by atoms with Gasteiger partial charge in [0.1, 0.15) is 0 Å². The van der Waals surface area contributed by atoms with Crippen molar-refractivity contribution in [2.24, 2.45) is 0 Å². The Hall–Kier alpha value is -0.860. The maximum absolute atomic E-state index is 10.5. The molecular weight excluding hydrogens is 286 g/mol. The smallest absolute Gasteiger partial charge is 0.313 e. The van der Waals surface area contributed by atoms with Crippen molar-refractivity contribution in [3.63, 3.8) is 0 Å². The van der Waals surface area contributed by atoms with Crippen LogP contribution in [0.2, 0.25) is 0 Å². The third-order valence-corrected chi connectivity index (χ3v) is 4.70. The Balaban J connectivity index is 2.70. The summed E-state index contributed by atoms with van der Waals surface area (Å²) in [5, 5.41) is 17.6. The molecule has 6 nitrogen and oxygen atoms in total. The Labute approximate surface area is 121 Å². The number of carbonyl (C=O) groups is 1. The first-order valence-electron chi connectivity index (χ1n) is 6.02. The van der Waals surface area contributed by atoms with E-state index in [1.165, 1.54) is 23.1 Å². The number of nitrogens with zero attached hydrogens (tertiary/aromatic N) is 3. The van der Waals surface area contributed by atoms with Gasteiger partial charge in [-0.2, -0.15) is 0 Å². The van der Waals surface area contributed by atoms with Gasteiger partial charge in [-0.25, -0.2) is 0 Å². The van der Waals surface area contributed by atoms with E-state index in [-0.39, 0.29) is 5.75 Å². The van der Waals surface area contributed by atoms with Gasteiger partial charge in [0, 0.05) is 19.7 Å². The van der Waals surface area contributed by atoms with Crippen LogP contribution < -0.4 is 4.90 Å². The molecule has 0 amide bonds. The molecule has 0 saturated heterocycles. The van der Waals surface area contributed by atoms with Gasteiger partial charge in [0.25, 0.3) is 0 Å². The highest BCUT2D eigenvalue weighted by atomic mass is 32.2. The van der Waals surface area contributed by atoms with Gasteiger partial charge < -0.3 is 14.7 Å². The summed E-state index contributed by atoms with van der Waals surface area (Å²) in [6.07, 6.45) is 1.00. The molecule has 0 aliphatic heterocycles. The number of aromatic nitrogens is 2. The fraction of sp³-hybridized carbons (Fsp3) is 0.727. The van der Waals surface area contributed by atoms with E-state index in [4.69, 9.17) is 9.84 Å². The largest absolute Gasteiger partial charge is 0.481 e. The van der Waals surface area contributed by atoms with Gasteiger partial charge in [-0.05, 0) is 13.3 Å². The lowest BCUT2D eigenvalue weighted by Gasteiger charge is -2.27. The van der Waals surface area contributed by atoms with Crippen molar-refractivity contribution in [3.05, 3.63) is 0 Å². The monoisotopic (exact) mass is 305 g/mol. The van der Waals surface area contributed by atoms with Gasteiger partial charge in [-0.1, -0.05) is 30.0 Å². The third-order valence-electron chi connectivity index (χ3n) is 2.62. The molecule has 1 aromatic rings. The number of hydrogen-bond acceptors (Lipinski definition) is 7. The normalized spacial score (nSPS) is 12.4. The van der Waals surface area contributed by atoms with Crippen molar-refractivity contribution in [1.29, 1.82) is 0 Å². The Morgan fingerprint density at radius 2 is 2.32 bits per heavy atom. The molecule has 0 saturated carbocycles. The summed E-state index contributed by atoms with van der Waals surface area (Å²) < 4.78 is 5.79. The molecule has 1 unspecified atom stereocenters. The molecule has 0 radical (unpaired) electrons.